The van der Waals surface area contributed by atoms with E-state index in [1.807, 2.05) is 18.2 Å². The van der Waals surface area contributed by atoms with Gasteiger partial charge in [0, 0.05) is 12.7 Å². The Labute approximate surface area is 89.7 Å². The number of carbonyl (C=O) groups is 1. The fraction of sp³-hybridized carbons (Fsp3) is 0.222. The number of thioether (sulfide) groups is 1. The average Bonchev–Trinajstić information content (AvgIpc) is 2.62. The summed E-state index contributed by atoms with van der Waals surface area (Å²) in [5.41, 5.74) is 2.05. The first kappa shape index (κ1) is 9.61. The minimum Gasteiger partial charge on any atom is -0.288 e. The Kier molecular flexibility index (Phi) is 2.79. The SMILES string of the molecule is CC(=O)SCc1cccc2nnsc12. The fourth-order valence-electron chi connectivity index (χ4n) is 1.15. The smallest absolute Gasteiger partial charge is 0.186 e. The fourth-order valence-corrected chi connectivity index (χ4v) is 2.51. The first-order valence-electron chi connectivity index (χ1n) is 4.10. The number of benzene rings is 1. The molecule has 1 aromatic carbocycles. The highest BCUT2D eigenvalue weighted by Gasteiger charge is 2.05. The number of aromatic nitrogens is 2. The summed E-state index contributed by atoms with van der Waals surface area (Å²) in [5, 5.41) is 4.12. The van der Waals surface area contributed by atoms with Crippen molar-refractivity contribution in [2.45, 2.75) is 12.7 Å². The monoisotopic (exact) mass is 224 g/mol. The van der Waals surface area contributed by atoms with Crippen LogP contribution in [0.5, 0.6) is 0 Å². The van der Waals surface area contributed by atoms with Crippen molar-refractivity contribution in [3.63, 3.8) is 0 Å². The number of hydrogen-bond donors (Lipinski definition) is 0. The number of rotatable bonds is 2. The first-order chi connectivity index (χ1) is 6.77. The molecule has 1 heterocycles. The van der Waals surface area contributed by atoms with Crippen LogP contribution in [0.1, 0.15) is 12.5 Å². The van der Waals surface area contributed by atoms with E-state index in [0.717, 1.165) is 15.8 Å². The topological polar surface area (TPSA) is 42.9 Å². The van der Waals surface area contributed by atoms with E-state index in [-0.39, 0.29) is 5.12 Å². The zero-order chi connectivity index (χ0) is 9.97. The third kappa shape index (κ3) is 1.93. The molecular formula is C9H8N2OS2. The molecule has 72 valence electrons. The number of fused-ring (bicyclic) bond motifs is 1. The van der Waals surface area contributed by atoms with Crippen LogP contribution >= 0.6 is 23.3 Å². The molecule has 0 N–H and O–H groups in total. The van der Waals surface area contributed by atoms with Gasteiger partial charge in [0.15, 0.2) is 5.12 Å². The molecule has 0 bridgehead atoms. The minimum absolute atomic E-state index is 0.138. The second kappa shape index (κ2) is 4.06. The molecule has 5 heteroatoms. The lowest BCUT2D eigenvalue weighted by Crippen LogP contribution is -1.85. The van der Waals surface area contributed by atoms with Gasteiger partial charge < -0.3 is 0 Å². The maximum Gasteiger partial charge on any atom is 0.186 e. The van der Waals surface area contributed by atoms with Gasteiger partial charge in [-0.2, -0.15) is 0 Å². The highest BCUT2D eigenvalue weighted by Crippen LogP contribution is 2.24. The van der Waals surface area contributed by atoms with Crippen LogP contribution in [0.15, 0.2) is 18.2 Å². The van der Waals surface area contributed by atoms with Crippen LogP contribution in [0, 0.1) is 0 Å². The van der Waals surface area contributed by atoms with Crippen molar-refractivity contribution < 1.29 is 4.79 Å². The van der Waals surface area contributed by atoms with Gasteiger partial charge in [-0.15, -0.1) is 5.10 Å². The van der Waals surface area contributed by atoms with Gasteiger partial charge in [0.05, 0.1) is 4.70 Å². The van der Waals surface area contributed by atoms with Crippen molar-refractivity contribution >= 4 is 38.6 Å². The Morgan fingerprint density at radius 3 is 3.21 bits per heavy atom. The normalized spacial score (nSPS) is 10.6. The summed E-state index contributed by atoms with van der Waals surface area (Å²) < 4.78 is 4.97. The van der Waals surface area contributed by atoms with Gasteiger partial charge in [-0.05, 0) is 23.2 Å². The van der Waals surface area contributed by atoms with Crippen molar-refractivity contribution in [2.75, 3.05) is 0 Å². The molecule has 0 fully saturated rings. The molecule has 0 atom stereocenters. The van der Waals surface area contributed by atoms with E-state index < -0.39 is 0 Å². The zero-order valence-corrected chi connectivity index (χ0v) is 9.19. The van der Waals surface area contributed by atoms with E-state index in [1.54, 1.807) is 6.92 Å². The molecule has 0 aliphatic heterocycles. The van der Waals surface area contributed by atoms with Crippen molar-refractivity contribution in [1.82, 2.24) is 9.59 Å². The van der Waals surface area contributed by atoms with Crippen LogP contribution in [0.4, 0.5) is 0 Å². The molecule has 0 amide bonds. The molecule has 0 aliphatic rings. The van der Waals surface area contributed by atoms with E-state index in [2.05, 4.69) is 9.59 Å². The Morgan fingerprint density at radius 2 is 2.43 bits per heavy atom. The van der Waals surface area contributed by atoms with E-state index >= 15 is 0 Å². The van der Waals surface area contributed by atoms with Crippen LogP contribution < -0.4 is 0 Å². The van der Waals surface area contributed by atoms with Crippen LogP contribution in [0.2, 0.25) is 0 Å². The quantitative estimate of drug-likeness (QED) is 0.786. The van der Waals surface area contributed by atoms with Gasteiger partial charge in [0.2, 0.25) is 0 Å². The van der Waals surface area contributed by atoms with E-state index in [1.165, 1.54) is 23.3 Å². The molecule has 0 saturated carbocycles. The summed E-state index contributed by atoms with van der Waals surface area (Å²) in [6.45, 7) is 1.58. The average molecular weight is 224 g/mol. The molecule has 3 nitrogen and oxygen atoms in total. The summed E-state index contributed by atoms with van der Waals surface area (Å²) in [5.74, 6) is 0.705. The van der Waals surface area contributed by atoms with Crippen LogP contribution in [0.3, 0.4) is 0 Å². The largest absolute Gasteiger partial charge is 0.288 e. The molecule has 14 heavy (non-hydrogen) atoms. The summed E-state index contributed by atoms with van der Waals surface area (Å²) in [6, 6.07) is 5.89. The van der Waals surface area contributed by atoms with Crippen molar-refractivity contribution in [2.24, 2.45) is 0 Å². The summed E-state index contributed by atoms with van der Waals surface area (Å²) in [7, 11) is 0. The third-order valence-corrected chi connectivity index (χ3v) is 3.47. The van der Waals surface area contributed by atoms with Crippen molar-refractivity contribution in [3.05, 3.63) is 23.8 Å². The predicted molar refractivity (Wildman–Crippen MR) is 59.4 cm³/mol. The van der Waals surface area contributed by atoms with Crippen LogP contribution in [-0.2, 0) is 10.5 Å². The van der Waals surface area contributed by atoms with Crippen LogP contribution in [-0.4, -0.2) is 14.7 Å². The predicted octanol–water partition coefficient (Wildman–Crippen LogP) is 2.47. The molecule has 0 radical (unpaired) electrons. The van der Waals surface area contributed by atoms with Crippen molar-refractivity contribution in [1.29, 1.82) is 0 Å². The second-order valence-corrected chi connectivity index (χ2v) is 4.72. The lowest BCUT2D eigenvalue weighted by Gasteiger charge is -1.98. The highest BCUT2D eigenvalue weighted by molar-refractivity contribution is 8.12. The van der Waals surface area contributed by atoms with E-state index in [4.69, 9.17) is 0 Å². The molecule has 1 aromatic heterocycles. The summed E-state index contributed by atoms with van der Waals surface area (Å²) >= 11 is 2.69. The van der Waals surface area contributed by atoms with Gasteiger partial charge in [-0.1, -0.05) is 28.4 Å². The summed E-state index contributed by atoms with van der Waals surface area (Å²) in [6.07, 6.45) is 0. The van der Waals surface area contributed by atoms with Gasteiger partial charge in [-0.3, -0.25) is 4.79 Å². The maximum absolute atomic E-state index is 10.8. The van der Waals surface area contributed by atoms with Gasteiger partial charge in [0.1, 0.15) is 5.52 Å². The lowest BCUT2D eigenvalue weighted by atomic mass is 10.2. The Balaban J connectivity index is 2.32. The van der Waals surface area contributed by atoms with Crippen molar-refractivity contribution in [3.8, 4) is 0 Å². The zero-order valence-electron chi connectivity index (χ0n) is 7.56. The first-order valence-corrected chi connectivity index (χ1v) is 5.86. The number of hydrogen-bond acceptors (Lipinski definition) is 5. The molecule has 0 unspecified atom stereocenters. The molecule has 0 saturated heterocycles. The molecule has 0 aliphatic carbocycles. The van der Waals surface area contributed by atoms with E-state index in [0.29, 0.717) is 5.75 Å². The van der Waals surface area contributed by atoms with Gasteiger partial charge in [0.25, 0.3) is 0 Å². The number of carbonyl (C=O) groups excluding carboxylic acids is 1. The standard InChI is InChI=1S/C9H8N2OS2/c1-6(12)13-5-7-3-2-4-8-9(7)14-11-10-8/h2-4H,5H2,1H3. The Morgan fingerprint density at radius 1 is 1.57 bits per heavy atom. The molecule has 2 aromatic rings. The molecule has 0 spiro atoms. The van der Waals surface area contributed by atoms with Gasteiger partial charge >= 0.3 is 0 Å². The second-order valence-electron chi connectivity index (χ2n) is 2.82. The highest BCUT2D eigenvalue weighted by atomic mass is 32.2. The maximum atomic E-state index is 10.8. The lowest BCUT2D eigenvalue weighted by molar-refractivity contribution is -0.109. The Bertz CT molecular complexity index is 467. The van der Waals surface area contributed by atoms with Gasteiger partial charge in [-0.25, -0.2) is 0 Å². The Hall–Kier alpha value is -0.940. The molecular weight excluding hydrogens is 216 g/mol. The minimum atomic E-state index is 0.138. The molecule has 2 rings (SSSR count). The van der Waals surface area contributed by atoms with E-state index in [9.17, 15) is 4.79 Å². The third-order valence-electron chi connectivity index (χ3n) is 1.79. The van der Waals surface area contributed by atoms with Crippen LogP contribution in [0.25, 0.3) is 10.2 Å². The number of nitrogens with zero attached hydrogens (tertiary/aromatic N) is 2. The summed E-state index contributed by atoms with van der Waals surface area (Å²) in [4.78, 5) is 10.8.